The Labute approximate surface area is 118 Å². The van der Waals surface area contributed by atoms with E-state index in [0.717, 1.165) is 36.0 Å². The number of anilines is 4. The van der Waals surface area contributed by atoms with E-state index in [2.05, 4.69) is 15.2 Å². The Morgan fingerprint density at radius 2 is 2.05 bits per heavy atom. The first-order valence-electron chi connectivity index (χ1n) is 6.61. The fourth-order valence-electron chi connectivity index (χ4n) is 2.19. The Morgan fingerprint density at radius 3 is 2.70 bits per heavy atom. The highest BCUT2D eigenvalue weighted by Crippen LogP contribution is 2.25. The van der Waals surface area contributed by atoms with Crippen molar-refractivity contribution in [1.82, 2.24) is 4.98 Å². The van der Waals surface area contributed by atoms with Gasteiger partial charge < -0.3 is 20.7 Å². The van der Waals surface area contributed by atoms with Crippen LogP contribution in [0.1, 0.15) is 0 Å². The molecule has 20 heavy (non-hydrogen) atoms. The van der Waals surface area contributed by atoms with Crippen molar-refractivity contribution >= 4 is 22.9 Å². The van der Waals surface area contributed by atoms with E-state index in [9.17, 15) is 0 Å². The number of nitrogens with zero attached hydrogens (tertiary/aromatic N) is 2. The van der Waals surface area contributed by atoms with Crippen LogP contribution in [0.5, 0.6) is 0 Å². The lowest BCUT2D eigenvalue weighted by atomic mass is 10.1. The van der Waals surface area contributed by atoms with Crippen LogP contribution >= 0.6 is 0 Å². The zero-order valence-corrected chi connectivity index (χ0v) is 11.4. The molecule has 3 rings (SSSR count). The summed E-state index contributed by atoms with van der Waals surface area (Å²) in [5.74, 6) is 0.977. The lowest BCUT2D eigenvalue weighted by Crippen LogP contribution is -2.52. The quantitative estimate of drug-likeness (QED) is 0.834. The molecular formula is C15H18N4O. The van der Waals surface area contributed by atoms with Crippen LogP contribution in [-0.4, -0.2) is 31.3 Å². The third kappa shape index (κ3) is 2.53. The molecule has 5 heteroatoms. The minimum absolute atomic E-state index is 0.332. The first-order valence-corrected chi connectivity index (χ1v) is 6.61. The molecule has 104 valence electrons. The zero-order chi connectivity index (χ0) is 13.9. The summed E-state index contributed by atoms with van der Waals surface area (Å²) in [7, 11) is 1.74. The summed E-state index contributed by atoms with van der Waals surface area (Å²) in [4.78, 5) is 6.65. The number of para-hydroxylation sites is 2. The van der Waals surface area contributed by atoms with Crippen molar-refractivity contribution in [3.05, 3.63) is 42.6 Å². The molecule has 0 saturated carbocycles. The van der Waals surface area contributed by atoms with Crippen molar-refractivity contribution in [3.63, 3.8) is 0 Å². The van der Waals surface area contributed by atoms with Crippen LogP contribution in [0.25, 0.3) is 0 Å². The van der Waals surface area contributed by atoms with Crippen LogP contribution in [0.2, 0.25) is 0 Å². The van der Waals surface area contributed by atoms with E-state index in [0.29, 0.717) is 6.10 Å². The first-order chi connectivity index (χ1) is 9.76. The number of nitrogens with one attached hydrogen (secondary N) is 1. The number of rotatable bonds is 4. The van der Waals surface area contributed by atoms with Gasteiger partial charge in [0.15, 0.2) is 0 Å². The lowest BCUT2D eigenvalue weighted by molar-refractivity contribution is 0.0783. The Hall–Kier alpha value is -2.27. The highest BCUT2D eigenvalue weighted by molar-refractivity contribution is 5.72. The molecule has 0 aliphatic carbocycles. The van der Waals surface area contributed by atoms with E-state index in [1.165, 1.54) is 0 Å². The Morgan fingerprint density at radius 1 is 1.25 bits per heavy atom. The van der Waals surface area contributed by atoms with Gasteiger partial charge in [0.05, 0.1) is 29.4 Å². The molecule has 1 aromatic heterocycles. The highest BCUT2D eigenvalue weighted by Gasteiger charge is 2.27. The molecule has 0 unspecified atom stereocenters. The van der Waals surface area contributed by atoms with Gasteiger partial charge in [-0.2, -0.15) is 0 Å². The van der Waals surface area contributed by atoms with Gasteiger partial charge in [-0.05, 0) is 24.3 Å². The molecule has 0 amide bonds. The average molecular weight is 270 g/mol. The van der Waals surface area contributed by atoms with Crippen molar-refractivity contribution < 1.29 is 4.74 Å². The molecule has 0 atom stereocenters. The number of hydrogen-bond acceptors (Lipinski definition) is 5. The lowest BCUT2D eigenvalue weighted by Gasteiger charge is -2.39. The summed E-state index contributed by atoms with van der Waals surface area (Å²) < 4.78 is 5.26. The number of ether oxygens (including phenoxy) is 1. The van der Waals surface area contributed by atoms with Gasteiger partial charge in [0, 0.05) is 20.2 Å². The third-order valence-electron chi connectivity index (χ3n) is 3.49. The summed E-state index contributed by atoms with van der Waals surface area (Å²) in [5, 5.41) is 3.26. The summed E-state index contributed by atoms with van der Waals surface area (Å²) in [6.07, 6.45) is 2.15. The summed E-state index contributed by atoms with van der Waals surface area (Å²) >= 11 is 0. The topological polar surface area (TPSA) is 63.4 Å². The smallest absolute Gasteiger partial charge is 0.128 e. The number of nitrogens with two attached hydrogens (primary N) is 1. The highest BCUT2D eigenvalue weighted by atomic mass is 16.5. The molecule has 1 saturated heterocycles. The molecule has 1 fully saturated rings. The summed E-state index contributed by atoms with van der Waals surface area (Å²) in [6, 6.07) is 11.7. The van der Waals surface area contributed by atoms with Crippen molar-refractivity contribution in [3.8, 4) is 0 Å². The molecule has 0 radical (unpaired) electrons. The maximum absolute atomic E-state index is 5.90. The van der Waals surface area contributed by atoms with Crippen LogP contribution < -0.4 is 16.0 Å². The third-order valence-corrected chi connectivity index (χ3v) is 3.49. The van der Waals surface area contributed by atoms with E-state index >= 15 is 0 Å². The van der Waals surface area contributed by atoms with Crippen molar-refractivity contribution in [2.24, 2.45) is 0 Å². The fourth-order valence-corrected chi connectivity index (χ4v) is 2.19. The SMILES string of the molecule is COC1CN(c2ccc(Nc3ccccc3N)cn2)C1. The van der Waals surface area contributed by atoms with Gasteiger partial charge in [-0.1, -0.05) is 12.1 Å². The number of hydrogen-bond donors (Lipinski definition) is 2. The van der Waals surface area contributed by atoms with Crippen molar-refractivity contribution in [2.45, 2.75) is 6.10 Å². The van der Waals surface area contributed by atoms with Crippen molar-refractivity contribution in [1.29, 1.82) is 0 Å². The number of methoxy groups -OCH3 is 1. The van der Waals surface area contributed by atoms with E-state index in [1.807, 2.05) is 42.6 Å². The predicted molar refractivity (Wildman–Crippen MR) is 81.4 cm³/mol. The van der Waals surface area contributed by atoms with Gasteiger partial charge in [0.1, 0.15) is 5.82 Å². The largest absolute Gasteiger partial charge is 0.397 e. The zero-order valence-electron chi connectivity index (χ0n) is 11.4. The van der Waals surface area contributed by atoms with E-state index in [-0.39, 0.29) is 0 Å². The molecule has 1 aliphatic rings. The van der Waals surface area contributed by atoms with Crippen molar-refractivity contribution in [2.75, 3.05) is 36.1 Å². The molecular weight excluding hydrogens is 252 g/mol. The standard InChI is InChI=1S/C15H18N4O/c1-20-12-9-19(10-12)15-7-6-11(8-17-15)18-14-5-3-2-4-13(14)16/h2-8,12,18H,9-10,16H2,1H3. The predicted octanol–water partition coefficient (Wildman–Crippen LogP) is 2.24. The Bertz CT molecular complexity index is 579. The van der Waals surface area contributed by atoms with E-state index in [1.54, 1.807) is 7.11 Å². The second kappa shape index (κ2) is 5.38. The normalized spacial score (nSPS) is 14.9. The minimum Gasteiger partial charge on any atom is -0.397 e. The average Bonchev–Trinajstić information content (AvgIpc) is 2.42. The second-order valence-electron chi connectivity index (χ2n) is 4.88. The van der Waals surface area contributed by atoms with E-state index < -0.39 is 0 Å². The molecule has 2 heterocycles. The number of benzene rings is 1. The van der Waals surface area contributed by atoms with Crippen LogP contribution in [0.15, 0.2) is 42.6 Å². The summed E-state index contributed by atoms with van der Waals surface area (Å²) in [6.45, 7) is 1.81. The summed E-state index contributed by atoms with van der Waals surface area (Å²) in [5.41, 5.74) is 8.45. The number of pyridine rings is 1. The van der Waals surface area contributed by atoms with Crippen LogP contribution in [0.4, 0.5) is 22.9 Å². The van der Waals surface area contributed by atoms with Crippen LogP contribution in [0.3, 0.4) is 0 Å². The minimum atomic E-state index is 0.332. The molecule has 0 spiro atoms. The Kier molecular flexibility index (Phi) is 3.43. The van der Waals surface area contributed by atoms with Gasteiger partial charge in [-0.15, -0.1) is 0 Å². The van der Waals surface area contributed by atoms with Crippen LogP contribution in [-0.2, 0) is 4.74 Å². The van der Waals surface area contributed by atoms with E-state index in [4.69, 9.17) is 10.5 Å². The molecule has 3 N–H and O–H groups in total. The van der Waals surface area contributed by atoms with Gasteiger partial charge in [0.2, 0.25) is 0 Å². The van der Waals surface area contributed by atoms with Crippen LogP contribution in [0, 0.1) is 0 Å². The van der Waals surface area contributed by atoms with Gasteiger partial charge in [-0.25, -0.2) is 4.98 Å². The fraction of sp³-hybridized carbons (Fsp3) is 0.267. The molecule has 1 aromatic carbocycles. The molecule has 5 nitrogen and oxygen atoms in total. The molecule has 2 aromatic rings. The monoisotopic (exact) mass is 270 g/mol. The van der Waals surface area contributed by atoms with Gasteiger partial charge in [-0.3, -0.25) is 0 Å². The number of aromatic nitrogens is 1. The molecule has 0 bridgehead atoms. The molecule has 1 aliphatic heterocycles. The Balaban J connectivity index is 1.66. The second-order valence-corrected chi connectivity index (χ2v) is 4.88. The number of nitrogen functional groups attached to an aromatic ring is 1. The first kappa shape index (κ1) is 12.7. The maximum Gasteiger partial charge on any atom is 0.128 e. The van der Waals surface area contributed by atoms with Gasteiger partial charge in [0.25, 0.3) is 0 Å². The maximum atomic E-state index is 5.90. The van der Waals surface area contributed by atoms with Gasteiger partial charge >= 0.3 is 0 Å².